The van der Waals surface area contributed by atoms with Crippen molar-refractivity contribution in [2.75, 3.05) is 13.1 Å². The summed E-state index contributed by atoms with van der Waals surface area (Å²) < 4.78 is 38.4. The first-order valence-corrected chi connectivity index (χ1v) is 7.28. The molecule has 0 aliphatic rings. The molecule has 0 saturated heterocycles. The van der Waals surface area contributed by atoms with E-state index in [0.29, 0.717) is 12.1 Å². The molecule has 2 N–H and O–H groups in total. The summed E-state index contributed by atoms with van der Waals surface area (Å²) in [7, 11) is 0. The average Bonchev–Trinajstić information content (AvgIpc) is 2.44. The third-order valence-corrected chi connectivity index (χ3v) is 3.60. The number of benzene rings is 1. The fourth-order valence-electron chi connectivity index (χ4n) is 2.10. The SMILES string of the molecule is CCN[C@H](C)CNC(=O)C(C)(C)c1cccc(C(F)(F)F)c1. The molecule has 3 nitrogen and oxygen atoms in total. The lowest BCUT2D eigenvalue weighted by Gasteiger charge is -2.26. The molecule has 22 heavy (non-hydrogen) atoms. The van der Waals surface area contributed by atoms with Gasteiger partial charge in [0.1, 0.15) is 0 Å². The van der Waals surface area contributed by atoms with Crippen LogP contribution in [-0.4, -0.2) is 25.0 Å². The first kappa shape index (κ1) is 18.5. The number of amides is 1. The maximum Gasteiger partial charge on any atom is 0.416 e. The first-order valence-electron chi connectivity index (χ1n) is 7.28. The number of hydrogen-bond acceptors (Lipinski definition) is 2. The monoisotopic (exact) mass is 316 g/mol. The topological polar surface area (TPSA) is 41.1 Å². The normalized spacial score (nSPS) is 13.8. The Morgan fingerprint density at radius 3 is 2.36 bits per heavy atom. The van der Waals surface area contributed by atoms with E-state index in [1.807, 2.05) is 13.8 Å². The van der Waals surface area contributed by atoms with Crippen LogP contribution >= 0.6 is 0 Å². The molecule has 124 valence electrons. The van der Waals surface area contributed by atoms with Gasteiger partial charge in [-0.2, -0.15) is 13.2 Å². The van der Waals surface area contributed by atoms with Gasteiger partial charge >= 0.3 is 6.18 Å². The average molecular weight is 316 g/mol. The number of halogens is 3. The minimum absolute atomic E-state index is 0.103. The van der Waals surface area contributed by atoms with Crippen molar-refractivity contribution in [3.05, 3.63) is 35.4 Å². The van der Waals surface area contributed by atoms with Gasteiger partial charge in [-0.25, -0.2) is 0 Å². The Balaban J connectivity index is 2.87. The van der Waals surface area contributed by atoms with Gasteiger partial charge in [0.2, 0.25) is 5.91 Å². The molecule has 0 fully saturated rings. The standard InChI is InChI=1S/C16H23F3N2O/c1-5-20-11(2)10-21-14(22)15(3,4)12-7-6-8-13(9-12)16(17,18)19/h6-9,11,20H,5,10H2,1-4H3,(H,21,22)/t11-/m1/s1. The molecule has 0 radical (unpaired) electrons. The lowest BCUT2D eigenvalue weighted by atomic mass is 9.83. The van der Waals surface area contributed by atoms with Gasteiger partial charge in [0, 0.05) is 12.6 Å². The quantitative estimate of drug-likeness (QED) is 0.847. The smallest absolute Gasteiger partial charge is 0.354 e. The van der Waals surface area contributed by atoms with E-state index in [-0.39, 0.29) is 11.9 Å². The first-order chi connectivity index (χ1) is 10.1. The van der Waals surface area contributed by atoms with Crippen LogP contribution in [0.1, 0.15) is 38.8 Å². The van der Waals surface area contributed by atoms with E-state index in [1.165, 1.54) is 6.07 Å². The van der Waals surface area contributed by atoms with E-state index >= 15 is 0 Å². The van der Waals surface area contributed by atoms with Crippen molar-refractivity contribution in [1.82, 2.24) is 10.6 Å². The van der Waals surface area contributed by atoms with Gasteiger partial charge in [0.25, 0.3) is 0 Å². The Morgan fingerprint density at radius 1 is 1.23 bits per heavy atom. The van der Waals surface area contributed by atoms with Gasteiger partial charge in [0.15, 0.2) is 0 Å². The van der Waals surface area contributed by atoms with E-state index in [9.17, 15) is 18.0 Å². The summed E-state index contributed by atoms with van der Waals surface area (Å²) in [4.78, 5) is 12.3. The third-order valence-electron chi connectivity index (χ3n) is 3.60. The Morgan fingerprint density at radius 2 is 1.82 bits per heavy atom. The van der Waals surface area contributed by atoms with Crippen LogP contribution in [0.3, 0.4) is 0 Å². The highest BCUT2D eigenvalue weighted by atomic mass is 19.4. The van der Waals surface area contributed by atoms with E-state index in [4.69, 9.17) is 0 Å². The second kappa shape index (κ2) is 7.13. The summed E-state index contributed by atoms with van der Waals surface area (Å²) in [5.74, 6) is -0.295. The van der Waals surface area contributed by atoms with Crippen LogP contribution < -0.4 is 10.6 Å². The fraction of sp³-hybridized carbons (Fsp3) is 0.562. The number of hydrogen-bond donors (Lipinski definition) is 2. The van der Waals surface area contributed by atoms with E-state index in [1.54, 1.807) is 19.9 Å². The molecule has 0 bridgehead atoms. The second-order valence-corrected chi connectivity index (χ2v) is 5.87. The molecule has 0 heterocycles. The maximum atomic E-state index is 12.8. The number of carbonyl (C=O) groups is 1. The van der Waals surface area contributed by atoms with E-state index in [0.717, 1.165) is 18.7 Å². The number of alkyl halides is 3. The Hall–Kier alpha value is -1.56. The highest BCUT2D eigenvalue weighted by Gasteiger charge is 2.34. The zero-order valence-electron chi connectivity index (χ0n) is 13.3. The van der Waals surface area contributed by atoms with Gasteiger partial charge in [-0.05, 0) is 38.9 Å². The van der Waals surface area contributed by atoms with Crippen LogP contribution in [0.4, 0.5) is 13.2 Å². The van der Waals surface area contributed by atoms with Gasteiger partial charge in [-0.15, -0.1) is 0 Å². The molecule has 1 aromatic rings. The van der Waals surface area contributed by atoms with Gasteiger partial charge < -0.3 is 10.6 Å². The summed E-state index contributed by atoms with van der Waals surface area (Å²) in [6, 6.07) is 5.01. The zero-order chi connectivity index (χ0) is 17.0. The molecule has 0 saturated carbocycles. The van der Waals surface area contributed by atoms with Crippen molar-refractivity contribution < 1.29 is 18.0 Å². The molecule has 1 aromatic carbocycles. The Labute approximate surface area is 129 Å². The number of nitrogens with one attached hydrogen (secondary N) is 2. The molecule has 0 spiro atoms. The summed E-state index contributed by atoms with van der Waals surface area (Å²) in [5, 5.41) is 5.94. The van der Waals surface area contributed by atoms with Gasteiger partial charge in [-0.1, -0.05) is 25.1 Å². The molecule has 0 aromatic heterocycles. The lowest BCUT2D eigenvalue weighted by Crippen LogP contribution is -2.45. The minimum Gasteiger partial charge on any atom is -0.354 e. The molecule has 1 atom stereocenters. The molecule has 0 unspecified atom stereocenters. The highest BCUT2D eigenvalue weighted by molar-refractivity contribution is 5.87. The summed E-state index contributed by atoms with van der Waals surface area (Å²) in [5.41, 5.74) is -1.43. The molecule has 0 aliphatic carbocycles. The van der Waals surface area contributed by atoms with E-state index in [2.05, 4.69) is 10.6 Å². The Bertz CT molecular complexity index is 512. The number of rotatable bonds is 6. The summed E-state index contributed by atoms with van der Waals surface area (Å²) >= 11 is 0. The van der Waals surface area contributed by atoms with Gasteiger partial charge in [0.05, 0.1) is 11.0 Å². The molecule has 1 amide bonds. The molecular formula is C16H23F3N2O. The predicted octanol–water partition coefficient (Wildman–Crippen LogP) is 3.10. The van der Waals surface area contributed by atoms with Crippen LogP contribution in [-0.2, 0) is 16.4 Å². The summed E-state index contributed by atoms with van der Waals surface area (Å²) in [6.45, 7) is 8.35. The second-order valence-electron chi connectivity index (χ2n) is 5.87. The predicted molar refractivity (Wildman–Crippen MR) is 80.6 cm³/mol. The largest absolute Gasteiger partial charge is 0.416 e. The fourth-order valence-corrected chi connectivity index (χ4v) is 2.10. The minimum atomic E-state index is -4.41. The van der Waals surface area contributed by atoms with Crippen molar-refractivity contribution in [3.63, 3.8) is 0 Å². The van der Waals surface area contributed by atoms with Crippen molar-refractivity contribution in [3.8, 4) is 0 Å². The van der Waals surface area contributed by atoms with Crippen LogP contribution in [0.5, 0.6) is 0 Å². The van der Waals surface area contributed by atoms with Crippen molar-refractivity contribution in [2.45, 2.75) is 45.3 Å². The van der Waals surface area contributed by atoms with Crippen LogP contribution in [0, 0.1) is 0 Å². The third kappa shape index (κ3) is 4.73. The van der Waals surface area contributed by atoms with Crippen molar-refractivity contribution in [1.29, 1.82) is 0 Å². The number of carbonyl (C=O) groups excluding carboxylic acids is 1. The molecule has 0 aliphatic heterocycles. The van der Waals surface area contributed by atoms with Crippen LogP contribution in [0.2, 0.25) is 0 Å². The molecular weight excluding hydrogens is 293 g/mol. The lowest BCUT2D eigenvalue weighted by molar-refractivity contribution is -0.137. The summed E-state index contributed by atoms with van der Waals surface area (Å²) in [6.07, 6.45) is -4.41. The van der Waals surface area contributed by atoms with Crippen LogP contribution in [0.25, 0.3) is 0 Å². The number of likely N-dealkylation sites (N-methyl/N-ethyl adjacent to an activating group) is 1. The van der Waals surface area contributed by atoms with Crippen LogP contribution in [0.15, 0.2) is 24.3 Å². The zero-order valence-corrected chi connectivity index (χ0v) is 13.3. The maximum absolute atomic E-state index is 12.8. The van der Waals surface area contributed by atoms with Crippen molar-refractivity contribution in [2.24, 2.45) is 0 Å². The molecule has 1 rings (SSSR count). The highest BCUT2D eigenvalue weighted by Crippen LogP contribution is 2.32. The van der Waals surface area contributed by atoms with Gasteiger partial charge in [-0.3, -0.25) is 4.79 Å². The van der Waals surface area contributed by atoms with Crippen molar-refractivity contribution >= 4 is 5.91 Å². The Kier molecular flexibility index (Phi) is 6.00. The van der Waals surface area contributed by atoms with E-state index < -0.39 is 17.2 Å². The molecule has 6 heteroatoms.